The smallest absolute Gasteiger partial charge is 0.226 e. The van der Waals surface area contributed by atoms with Gasteiger partial charge in [-0.05, 0) is 56.7 Å². The zero-order valence-corrected chi connectivity index (χ0v) is 14.2. The van der Waals surface area contributed by atoms with E-state index in [1.807, 2.05) is 30.5 Å². The maximum Gasteiger partial charge on any atom is 0.226 e. The molecule has 0 bridgehead atoms. The van der Waals surface area contributed by atoms with Crippen LogP contribution in [0.5, 0.6) is 5.75 Å². The second kappa shape index (κ2) is 7.59. The Morgan fingerprint density at radius 1 is 1.39 bits per heavy atom. The van der Waals surface area contributed by atoms with E-state index in [2.05, 4.69) is 16.4 Å². The topological polar surface area (TPSA) is 51.2 Å². The number of carbonyl (C=O) groups excluding carboxylic acids is 1. The Balaban J connectivity index is 1.50. The summed E-state index contributed by atoms with van der Waals surface area (Å²) in [7, 11) is 0. The molecule has 0 saturated heterocycles. The highest BCUT2D eigenvalue weighted by molar-refractivity contribution is 7.13. The van der Waals surface area contributed by atoms with Crippen molar-refractivity contribution in [2.75, 3.05) is 5.32 Å². The Kier molecular flexibility index (Phi) is 5.28. The zero-order chi connectivity index (χ0) is 16.1. The number of carbonyl (C=O) groups is 1. The molecule has 1 N–H and O–H groups in total. The lowest BCUT2D eigenvalue weighted by Crippen LogP contribution is -2.12. The minimum Gasteiger partial charge on any atom is -0.490 e. The molecule has 3 rings (SSSR count). The molecule has 0 atom stereocenters. The number of aryl methyl sites for hydroxylation is 2. The van der Waals surface area contributed by atoms with Gasteiger partial charge in [0.2, 0.25) is 5.91 Å². The summed E-state index contributed by atoms with van der Waals surface area (Å²) in [6.07, 6.45) is 6.35. The lowest BCUT2D eigenvalue weighted by atomic mass is 10.1. The number of anilines is 1. The maximum absolute atomic E-state index is 12.0. The van der Waals surface area contributed by atoms with E-state index < -0.39 is 0 Å². The number of rotatable bonds is 6. The molecular formula is C18H22N2O2S. The van der Waals surface area contributed by atoms with Crippen LogP contribution in [-0.2, 0) is 11.2 Å². The summed E-state index contributed by atoms with van der Waals surface area (Å²) in [6.45, 7) is 1.92. The van der Waals surface area contributed by atoms with E-state index in [9.17, 15) is 4.79 Å². The lowest BCUT2D eigenvalue weighted by Gasteiger charge is -2.13. The number of aromatic nitrogens is 1. The number of nitrogens with zero attached hydrogens (tertiary/aromatic N) is 1. The molecule has 23 heavy (non-hydrogen) atoms. The van der Waals surface area contributed by atoms with Crippen LogP contribution in [-0.4, -0.2) is 17.0 Å². The predicted molar refractivity (Wildman–Crippen MR) is 93.1 cm³/mol. The van der Waals surface area contributed by atoms with E-state index in [-0.39, 0.29) is 5.91 Å². The maximum atomic E-state index is 12.0. The first-order valence-corrected chi connectivity index (χ1v) is 9.04. The largest absolute Gasteiger partial charge is 0.490 e. The number of hydrogen-bond donors (Lipinski definition) is 1. The quantitative estimate of drug-likeness (QED) is 0.857. The first kappa shape index (κ1) is 16.0. The van der Waals surface area contributed by atoms with Crippen molar-refractivity contribution in [1.82, 2.24) is 4.98 Å². The van der Waals surface area contributed by atoms with Gasteiger partial charge in [0.15, 0.2) is 5.13 Å². The van der Waals surface area contributed by atoms with Crippen molar-refractivity contribution in [1.29, 1.82) is 0 Å². The minimum atomic E-state index is 0.00136. The number of hydrogen-bond acceptors (Lipinski definition) is 4. The van der Waals surface area contributed by atoms with Crippen LogP contribution in [0.25, 0.3) is 0 Å². The van der Waals surface area contributed by atoms with Crippen molar-refractivity contribution in [2.24, 2.45) is 0 Å². The van der Waals surface area contributed by atoms with Gasteiger partial charge in [0.25, 0.3) is 0 Å². The highest BCUT2D eigenvalue weighted by Gasteiger charge is 2.16. The van der Waals surface area contributed by atoms with Crippen molar-refractivity contribution >= 4 is 22.4 Å². The van der Waals surface area contributed by atoms with E-state index in [4.69, 9.17) is 4.74 Å². The van der Waals surface area contributed by atoms with Gasteiger partial charge < -0.3 is 10.1 Å². The fourth-order valence-electron chi connectivity index (χ4n) is 2.82. The number of nitrogens with one attached hydrogen (secondary N) is 1. The van der Waals surface area contributed by atoms with Gasteiger partial charge in [-0.2, -0.15) is 0 Å². The van der Waals surface area contributed by atoms with Gasteiger partial charge in [-0.25, -0.2) is 4.98 Å². The monoisotopic (exact) mass is 330 g/mol. The van der Waals surface area contributed by atoms with Crippen LogP contribution in [0.1, 0.15) is 43.4 Å². The van der Waals surface area contributed by atoms with Gasteiger partial charge in [0.05, 0.1) is 11.8 Å². The second-order valence-electron chi connectivity index (χ2n) is 6.01. The Bertz CT molecular complexity index is 663. The Hall–Kier alpha value is -1.88. The summed E-state index contributed by atoms with van der Waals surface area (Å²) in [5, 5.41) is 5.45. The molecule has 1 aliphatic rings. The van der Waals surface area contributed by atoms with E-state index in [1.54, 1.807) is 0 Å². The molecule has 2 aromatic rings. The standard InChI is InChI=1S/C18H22N2O2S/c1-13-12-23-18(19-13)20-17(21)10-9-14-5-4-8-16(11-14)22-15-6-2-3-7-15/h4-5,8,11-12,15H,2-3,6-7,9-10H2,1H3,(H,19,20,21). The van der Waals surface area contributed by atoms with E-state index in [0.29, 0.717) is 24.1 Å². The molecule has 1 heterocycles. The summed E-state index contributed by atoms with van der Waals surface area (Å²) in [5.74, 6) is 0.923. The molecule has 0 radical (unpaired) electrons. The molecule has 1 amide bonds. The van der Waals surface area contributed by atoms with Crippen molar-refractivity contribution < 1.29 is 9.53 Å². The Morgan fingerprint density at radius 2 is 2.22 bits per heavy atom. The third-order valence-corrected chi connectivity index (χ3v) is 4.89. The summed E-state index contributed by atoms with van der Waals surface area (Å²) >= 11 is 1.46. The average molecular weight is 330 g/mol. The van der Waals surface area contributed by atoms with Gasteiger partial charge in [0.1, 0.15) is 5.75 Å². The molecule has 1 aromatic carbocycles. The minimum absolute atomic E-state index is 0.00136. The Morgan fingerprint density at radius 3 is 2.96 bits per heavy atom. The van der Waals surface area contributed by atoms with Crippen LogP contribution >= 0.6 is 11.3 Å². The number of thiazole rings is 1. The van der Waals surface area contributed by atoms with Gasteiger partial charge in [-0.15, -0.1) is 11.3 Å². The Labute approximate surface area is 140 Å². The second-order valence-corrected chi connectivity index (χ2v) is 6.87. The third-order valence-electron chi connectivity index (χ3n) is 4.01. The van der Waals surface area contributed by atoms with Gasteiger partial charge >= 0.3 is 0 Å². The van der Waals surface area contributed by atoms with Crippen molar-refractivity contribution in [3.05, 3.63) is 40.9 Å². The highest BCUT2D eigenvalue weighted by Crippen LogP contribution is 2.25. The molecular weight excluding hydrogens is 308 g/mol. The van der Waals surface area contributed by atoms with Crippen LogP contribution in [0.3, 0.4) is 0 Å². The highest BCUT2D eigenvalue weighted by atomic mass is 32.1. The normalized spacial score (nSPS) is 14.8. The molecule has 0 unspecified atom stereocenters. The molecule has 1 fully saturated rings. The van der Waals surface area contributed by atoms with Crippen LogP contribution in [0, 0.1) is 6.92 Å². The van der Waals surface area contributed by atoms with E-state index in [1.165, 1.54) is 24.2 Å². The SMILES string of the molecule is Cc1csc(NC(=O)CCc2cccc(OC3CCCC3)c2)n1. The first-order chi connectivity index (χ1) is 11.2. The third kappa shape index (κ3) is 4.79. The van der Waals surface area contributed by atoms with Crippen LogP contribution in [0.2, 0.25) is 0 Å². The summed E-state index contributed by atoms with van der Waals surface area (Å²) in [6, 6.07) is 8.10. The van der Waals surface area contributed by atoms with Gasteiger partial charge in [-0.1, -0.05) is 12.1 Å². The van der Waals surface area contributed by atoms with Crippen LogP contribution in [0.4, 0.5) is 5.13 Å². The molecule has 122 valence electrons. The first-order valence-electron chi connectivity index (χ1n) is 8.16. The average Bonchev–Trinajstić information content (AvgIpc) is 3.18. The number of amides is 1. The molecule has 5 heteroatoms. The molecule has 1 aromatic heterocycles. The van der Waals surface area contributed by atoms with Gasteiger partial charge in [0, 0.05) is 11.8 Å². The zero-order valence-electron chi connectivity index (χ0n) is 13.4. The lowest BCUT2D eigenvalue weighted by molar-refractivity contribution is -0.116. The summed E-state index contributed by atoms with van der Waals surface area (Å²) in [4.78, 5) is 16.2. The van der Waals surface area contributed by atoms with Crippen molar-refractivity contribution in [3.63, 3.8) is 0 Å². The fourth-order valence-corrected chi connectivity index (χ4v) is 3.53. The van der Waals surface area contributed by atoms with Gasteiger partial charge in [-0.3, -0.25) is 4.79 Å². The molecule has 0 spiro atoms. The number of benzene rings is 1. The molecule has 0 aliphatic heterocycles. The number of ether oxygens (including phenoxy) is 1. The van der Waals surface area contributed by atoms with E-state index >= 15 is 0 Å². The van der Waals surface area contributed by atoms with Crippen molar-refractivity contribution in [2.45, 2.75) is 51.6 Å². The van der Waals surface area contributed by atoms with Crippen molar-refractivity contribution in [3.8, 4) is 5.75 Å². The fraction of sp³-hybridized carbons (Fsp3) is 0.444. The van der Waals surface area contributed by atoms with E-state index in [0.717, 1.165) is 29.8 Å². The van der Waals surface area contributed by atoms with Crippen LogP contribution in [0.15, 0.2) is 29.6 Å². The molecule has 4 nitrogen and oxygen atoms in total. The van der Waals surface area contributed by atoms with Crippen LogP contribution < -0.4 is 10.1 Å². The molecule has 1 aliphatic carbocycles. The predicted octanol–water partition coefficient (Wildman–Crippen LogP) is 4.34. The summed E-state index contributed by atoms with van der Waals surface area (Å²) in [5.41, 5.74) is 2.06. The summed E-state index contributed by atoms with van der Waals surface area (Å²) < 4.78 is 6.01. The molecule has 1 saturated carbocycles.